The van der Waals surface area contributed by atoms with E-state index in [0.29, 0.717) is 12.0 Å². The molecule has 118 valence electrons. The molecule has 0 aliphatic heterocycles. The van der Waals surface area contributed by atoms with E-state index in [0.717, 1.165) is 6.42 Å². The molecule has 1 heteroatoms. The minimum absolute atomic E-state index is 0.447. The summed E-state index contributed by atoms with van der Waals surface area (Å²) in [6.07, 6.45) is 1.16. The topological polar surface area (TPSA) is 3.24 Å². The van der Waals surface area contributed by atoms with E-state index in [-0.39, 0.29) is 0 Å². The van der Waals surface area contributed by atoms with E-state index in [2.05, 4.69) is 98.5 Å². The standard InChI is InChI=1S/C22H25N/c1-17(2)16-18(3)23(20-12-5-4-6-13-20)22-15-9-11-19-10-7-8-14-21(19)22/h4-15,17-18H,16H2,1-3H3. The van der Waals surface area contributed by atoms with E-state index in [1.165, 1.54) is 22.1 Å². The predicted octanol–water partition coefficient (Wildman–Crippen LogP) is 6.41. The van der Waals surface area contributed by atoms with Crippen LogP contribution in [-0.2, 0) is 0 Å². The molecular formula is C22H25N. The van der Waals surface area contributed by atoms with Crippen molar-refractivity contribution in [3.63, 3.8) is 0 Å². The molecule has 1 unspecified atom stereocenters. The number of nitrogens with zero attached hydrogens (tertiary/aromatic N) is 1. The molecule has 0 aliphatic carbocycles. The molecule has 0 heterocycles. The molecular weight excluding hydrogens is 278 g/mol. The van der Waals surface area contributed by atoms with Crippen LogP contribution in [0.3, 0.4) is 0 Å². The van der Waals surface area contributed by atoms with Gasteiger partial charge in [-0.2, -0.15) is 0 Å². The number of fused-ring (bicyclic) bond motifs is 1. The highest BCUT2D eigenvalue weighted by molar-refractivity contribution is 5.96. The molecule has 0 bridgehead atoms. The Bertz CT molecular complexity index is 756. The maximum Gasteiger partial charge on any atom is 0.0492 e. The lowest BCUT2D eigenvalue weighted by molar-refractivity contribution is 0.513. The molecule has 3 aromatic carbocycles. The van der Waals surface area contributed by atoms with Gasteiger partial charge in [0, 0.05) is 22.8 Å². The van der Waals surface area contributed by atoms with Crippen LogP contribution in [0.4, 0.5) is 11.4 Å². The number of rotatable bonds is 5. The van der Waals surface area contributed by atoms with Crippen LogP contribution in [0, 0.1) is 5.92 Å². The molecule has 0 aromatic heterocycles. The van der Waals surface area contributed by atoms with Crippen LogP contribution in [0.15, 0.2) is 72.8 Å². The minimum Gasteiger partial charge on any atom is -0.338 e. The van der Waals surface area contributed by atoms with Gasteiger partial charge in [0.25, 0.3) is 0 Å². The van der Waals surface area contributed by atoms with E-state index in [1.807, 2.05) is 0 Å². The van der Waals surface area contributed by atoms with Crippen LogP contribution in [0.25, 0.3) is 10.8 Å². The van der Waals surface area contributed by atoms with Crippen molar-refractivity contribution in [1.82, 2.24) is 0 Å². The first kappa shape index (κ1) is 15.6. The van der Waals surface area contributed by atoms with Crippen LogP contribution < -0.4 is 4.90 Å². The van der Waals surface area contributed by atoms with Crippen molar-refractivity contribution in [3.8, 4) is 0 Å². The van der Waals surface area contributed by atoms with E-state index >= 15 is 0 Å². The fourth-order valence-corrected chi connectivity index (χ4v) is 3.43. The smallest absolute Gasteiger partial charge is 0.0492 e. The normalized spacial score (nSPS) is 12.5. The Balaban J connectivity index is 2.14. The molecule has 0 N–H and O–H groups in total. The van der Waals surface area contributed by atoms with Crippen LogP contribution in [0.5, 0.6) is 0 Å². The van der Waals surface area contributed by atoms with Gasteiger partial charge < -0.3 is 4.90 Å². The van der Waals surface area contributed by atoms with E-state index in [9.17, 15) is 0 Å². The summed E-state index contributed by atoms with van der Waals surface area (Å²) in [7, 11) is 0. The third-order valence-corrected chi connectivity index (χ3v) is 4.31. The number of hydrogen-bond acceptors (Lipinski definition) is 1. The second kappa shape index (κ2) is 6.87. The summed E-state index contributed by atoms with van der Waals surface area (Å²) in [5.41, 5.74) is 2.56. The summed E-state index contributed by atoms with van der Waals surface area (Å²) in [5.74, 6) is 0.672. The van der Waals surface area contributed by atoms with Crippen LogP contribution >= 0.6 is 0 Å². The van der Waals surface area contributed by atoms with Gasteiger partial charge in [-0.05, 0) is 42.8 Å². The molecule has 0 spiro atoms. The largest absolute Gasteiger partial charge is 0.338 e. The Morgan fingerprint density at radius 2 is 1.39 bits per heavy atom. The Labute approximate surface area is 139 Å². The zero-order chi connectivity index (χ0) is 16.2. The molecule has 3 aromatic rings. The summed E-state index contributed by atoms with van der Waals surface area (Å²) in [6, 6.07) is 26.4. The number of benzene rings is 3. The molecule has 1 nitrogen and oxygen atoms in total. The van der Waals surface area contributed by atoms with E-state index in [4.69, 9.17) is 0 Å². The Morgan fingerprint density at radius 3 is 2.13 bits per heavy atom. The van der Waals surface area contributed by atoms with Crippen molar-refractivity contribution >= 4 is 22.1 Å². The quantitative estimate of drug-likeness (QED) is 0.526. The van der Waals surface area contributed by atoms with Gasteiger partial charge in [0.2, 0.25) is 0 Å². The summed E-state index contributed by atoms with van der Waals surface area (Å²) >= 11 is 0. The molecule has 0 saturated carbocycles. The van der Waals surface area contributed by atoms with Crippen molar-refractivity contribution in [2.75, 3.05) is 4.90 Å². The first-order valence-electron chi connectivity index (χ1n) is 8.49. The van der Waals surface area contributed by atoms with Gasteiger partial charge >= 0.3 is 0 Å². The van der Waals surface area contributed by atoms with Gasteiger partial charge in [-0.25, -0.2) is 0 Å². The lowest BCUT2D eigenvalue weighted by atomic mass is 10.0. The average Bonchev–Trinajstić information content (AvgIpc) is 2.56. The van der Waals surface area contributed by atoms with Gasteiger partial charge in [-0.15, -0.1) is 0 Å². The summed E-state index contributed by atoms with van der Waals surface area (Å²) in [5, 5.41) is 2.61. The second-order valence-electron chi connectivity index (χ2n) is 6.68. The maximum atomic E-state index is 2.49. The molecule has 1 atom stereocenters. The fraction of sp³-hybridized carbons (Fsp3) is 0.273. The molecule has 0 radical (unpaired) electrons. The zero-order valence-corrected chi connectivity index (χ0v) is 14.2. The van der Waals surface area contributed by atoms with Crippen molar-refractivity contribution in [3.05, 3.63) is 72.8 Å². The average molecular weight is 303 g/mol. The summed E-state index contributed by atoms with van der Waals surface area (Å²) in [6.45, 7) is 6.92. The SMILES string of the molecule is CC(C)CC(C)N(c1ccccc1)c1cccc2ccccc12. The van der Waals surface area contributed by atoms with Crippen LogP contribution in [0.2, 0.25) is 0 Å². The van der Waals surface area contributed by atoms with Crippen LogP contribution in [-0.4, -0.2) is 6.04 Å². The zero-order valence-electron chi connectivity index (χ0n) is 14.2. The van der Waals surface area contributed by atoms with Crippen molar-refractivity contribution < 1.29 is 0 Å². The van der Waals surface area contributed by atoms with Gasteiger partial charge in [0.1, 0.15) is 0 Å². The van der Waals surface area contributed by atoms with E-state index < -0.39 is 0 Å². The minimum atomic E-state index is 0.447. The predicted molar refractivity (Wildman–Crippen MR) is 101 cm³/mol. The van der Waals surface area contributed by atoms with Gasteiger partial charge in [-0.1, -0.05) is 68.4 Å². The first-order valence-corrected chi connectivity index (χ1v) is 8.49. The lowest BCUT2D eigenvalue weighted by Gasteiger charge is -2.33. The Hall–Kier alpha value is -2.28. The number of anilines is 2. The van der Waals surface area contributed by atoms with E-state index in [1.54, 1.807) is 0 Å². The number of hydrogen-bond donors (Lipinski definition) is 0. The Morgan fingerprint density at radius 1 is 0.739 bits per heavy atom. The Kier molecular flexibility index (Phi) is 4.66. The molecule has 0 saturated heterocycles. The van der Waals surface area contributed by atoms with Crippen molar-refractivity contribution in [1.29, 1.82) is 0 Å². The van der Waals surface area contributed by atoms with Crippen molar-refractivity contribution in [2.45, 2.75) is 33.2 Å². The molecule has 3 rings (SSSR count). The third-order valence-electron chi connectivity index (χ3n) is 4.31. The monoisotopic (exact) mass is 303 g/mol. The first-order chi connectivity index (χ1) is 11.2. The summed E-state index contributed by atoms with van der Waals surface area (Å²) in [4.78, 5) is 2.49. The second-order valence-corrected chi connectivity index (χ2v) is 6.68. The molecule has 0 fully saturated rings. The highest BCUT2D eigenvalue weighted by Gasteiger charge is 2.19. The van der Waals surface area contributed by atoms with Gasteiger partial charge in [-0.3, -0.25) is 0 Å². The van der Waals surface area contributed by atoms with Gasteiger partial charge in [0.05, 0.1) is 0 Å². The fourth-order valence-electron chi connectivity index (χ4n) is 3.43. The highest BCUT2D eigenvalue weighted by Crippen LogP contribution is 2.35. The summed E-state index contributed by atoms with van der Waals surface area (Å²) < 4.78 is 0. The highest BCUT2D eigenvalue weighted by atomic mass is 15.2. The maximum absolute atomic E-state index is 2.49. The molecule has 0 amide bonds. The molecule has 0 aliphatic rings. The number of para-hydroxylation sites is 1. The van der Waals surface area contributed by atoms with Crippen LogP contribution in [0.1, 0.15) is 27.2 Å². The lowest BCUT2D eigenvalue weighted by Crippen LogP contribution is -2.29. The van der Waals surface area contributed by atoms with Crippen molar-refractivity contribution in [2.24, 2.45) is 5.92 Å². The third kappa shape index (κ3) is 3.39. The molecule has 23 heavy (non-hydrogen) atoms. The van der Waals surface area contributed by atoms with Gasteiger partial charge in [0.15, 0.2) is 0 Å².